The number of hydrogen-bond acceptors (Lipinski definition) is 4. The molecule has 60 valence electrons. The molecule has 1 N–H and O–H groups in total. The van der Waals surface area contributed by atoms with E-state index in [4.69, 9.17) is 0 Å². The molecule has 5 nitrogen and oxygen atoms in total. The molecule has 2 aromatic rings. The molecule has 0 spiro atoms. The number of nitrogens with zero attached hydrogens (tertiary/aromatic N) is 3. The number of aromatic nitrogens is 4. The van der Waals surface area contributed by atoms with Crippen molar-refractivity contribution in [3.05, 3.63) is 28.4 Å². The van der Waals surface area contributed by atoms with Crippen molar-refractivity contribution in [2.45, 2.75) is 6.92 Å². The van der Waals surface area contributed by atoms with Crippen molar-refractivity contribution in [3.63, 3.8) is 0 Å². The zero-order chi connectivity index (χ0) is 8.55. The molecule has 0 unspecified atom stereocenters. The summed E-state index contributed by atoms with van der Waals surface area (Å²) in [5, 5.41) is 7.92. The number of hydrogen-bond donors (Lipinski definition) is 1. The van der Waals surface area contributed by atoms with Gasteiger partial charge in [0.25, 0.3) is 5.56 Å². The number of nitrogens with one attached hydrogen (secondary N) is 1. The van der Waals surface area contributed by atoms with Crippen LogP contribution in [-0.4, -0.2) is 20.2 Å². The molecule has 0 saturated heterocycles. The lowest BCUT2D eigenvalue weighted by Gasteiger charge is -1.95. The Labute approximate surface area is 67.5 Å². The van der Waals surface area contributed by atoms with E-state index >= 15 is 0 Å². The van der Waals surface area contributed by atoms with Crippen LogP contribution in [-0.2, 0) is 0 Å². The van der Waals surface area contributed by atoms with Crippen molar-refractivity contribution in [2.24, 2.45) is 0 Å². The van der Waals surface area contributed by atoms with Gasteiger partial charge in [0.1, 0.15) is 0 Å². The minimum atomic E-state index is -0.174. The van der Waals surface area contributed by atoms with Gasteiger partial charge in [0.15, 0.2) is 5.65 Å². The molecular weight excluding hydrogens is 156 g/mol. The molecular formula is C7H6N4O. The normalized spacial score (nSPS) is 10.4. The maximum Gasteiger partial charge on any atom is 0.260 e. The maximum atomic E-state index is 11.2. The Morgan fingerprint density at radius 1 is 1.50 bits per heavy atom. The van der Waals surface area contributed by atoms with Gasteiger partial charge in [-0.25, -0.2) is 4.98 Å². The van der Waals surface area contributed by atoms with E-state index in [2.05, 4.69) is 20.2 Å². The van der Waals surface area contributed by atoms with Crippen molar-refractivity contribution < 1.29 is 0 Å². The summed E-state index contributed by atoms with van der Waals surface area (Å²) in [7, 11) is 0. The molecule has 0 fully saturated rings. The number of aryl methyl sites for hydroxylation is 1. The topological polar surface area (TPSA) is 71.5 Å². The highest BCUT2D eigenvalue weighted by atomic mass is 16.1. The Balaban J connectivity index is 3.07. The first-order chi connectivity index (χ1) is 5.79. The van der Waals surface area contributed by atoms with Crippen molar-refractivity contribution in [1.29, 1.82) is 0 Å². The summed E-state index contributed by atoms with van der Waals surface area (Å²) in [5.74, 6) is 0. The summed E-state index contributed by atoms with van der Waals surface area (Å²) >= 11 is 0. The van der Waals surface area contributed by atoms with E-state index in [0.29, 0.717) is 11.0 Å². The average Bonchev–Trinajstić information content (AvgIpc) is 2.04. The van der Waals surface area contributed by atoms with Gasteiger partial charge >= 0.3 is 0 Å². The van der Waals surface area contributed by atoms with Crippen LogP contribution in [0.3, 0.4) is 0 Å². The number of fused-ring (bicyclic) bond motifs is 1. The minimum absolute atomic E-state index is 0.174. The van der Waals surface area contributed by atoms with Crippen LogP contribution in [0.1, 0.15) is 5.56 Å². The SMILES string of the molecule is Cc1cnnc2nc[nH]c(=O)c12. The van der Waals surface area contributed by atoms with Gasteiger partial charge in [0.2, 0.25) is 0 Å². The number of rotatable bonds is 0. The maximum absolute atomic E-state index is 11.2. The van der Waals surface area contributed by atoms with Gasteiger partial charge < -0.3 is 4.98 Å². The zero-order valence-electron chi connectivity index (χ0n) is 6.40. The van der Waals surface area contributed by atoms with Crippen LogP contribution in [0.2, 0.25) is 0 Å². The molecule has 0 radical (unpaired) electrons. The molecule has 0 amide bonds. The molecule has 0 aliphatic rings. The molecule has 0 aliphatic carbocycles. The van der Waals surface area contributed by atoms with Crippen LogP contribution in [0.4, 0.5) is 0 Å². The lowest BCUT2D eigenvalue weighted by molar-refractivity contribution is 1.02. The fraction of sp³-hybridized carbons (Fsp3) is 0.143. The third-order valence-electron chi connectivity index (χ3n) is 1.63. The number of aromatic amines is 1. The summed E-state index contributed by atoms with van der Waals surface area (Å²) in [6, 6.07) is 0. The van der Waals surface area contributed by atoms with Crippen LogP contribution in [0.25, 0.3) is 11.0 Å². The standard InChI is InChI=1S/C7H6N4O/c1-4-2-10-11-6-5(4)7(12)9-3-8-6/h2-3H,1H3,(H,8,9,11,12). The van der Waals surface area contributed by atoms with Gasteiger partial charge in [-0.1, -0.05) is 0 Å². The first kappa shape index (κ1) is 6.90. The zero-order valence-corrected chi connectivity index (χ0v) is 6.40. The fourth-order valence-corrected chi connectivity index (χ4v) is 1.06. The third kappa shape index (κ3) is 0.868. The molecule has 2 aromatic heterocycles. The van der Waals surface area contributed by atoms with Crippen LogP contribution in [0.5, 0.6) is 0 Å². The quantitative estimate of drug-likeness (QED) is 0.592. The average molecular weight is 162 g/mol. The van der Waals surface area contributed by atoms with E-state index in [1.165, 1.54) is 6.33 Å². The van der Waals surface area contributed by atoms with Gasteiger partial charge in [0.05, 0.1) is 17.9 Å². The minimum Gasteiger partial charge on any atom is -0.312 e. The number of H-pyrrole nitrogens is 1. The molecule has 5 heteroatoms. The predicted octanol–water partition coefficient (Wildman–Crippen LogP) is 0.0215. The Hall–Kier alpha value is -1.78. The highest BCUT2D eigenvalue weighted by Gasteiger charge is 2.02. The Morgan fingerprint density at radius 3 is 3.08 bits per heavy atom. The van der Waals surface area contributed by atoms with Gasteiger partial charge in [-0.15, -0.1) is 5.10 Å². The summed E-state index contributed by atoms with van der Waals surface area (Å²) in [6.07, 6.45) is 2.86. The van der Waals surface area contributed by atoms with Gasteiger partial charge in [-0.3, -0.25) is 4.79 Å². The lowest BCUT2D eigenvalue weighted by atomic mass is 10.2. The Bertz CT molecular complexity index is 471. The summed E-state index contributed by atoms with van der Waals surface area (Å²) in [6.45, 7) is 1.80. The van der Waals surface area contributed by atoms with E-state index in [1.807, 2.05) is 0 Å². The van der Waals surface area contributed by atoms with E-state index in [1.54, 1.807) is 13.1 Å². The Kier molecular flexibility index (Phi) is 1.36. The molecule has 0 aromatic carbocycles. The van der Waals surface area contributed by atoms with Crippen molar-refractivity contribution in [2.75, 3.05) is 0 Å². The Morgan fingerprint density at radius 2 is 2.33 bits per heavy atom. The first-order valence-electron chi connectivity index (χ1n) is 3.45. The van der Waals surface area contributed by atoms with Crippen LogP contribution in [0, 0.1) is 6.92 Å². The van der Waals surface area contributed by atoms with Crippen molar-refractivity contribution >= 4 is 11.0 Å². The van der Waals surface area contributed by atoms with E-state index in [-0.39, 0.29) is 5.56 Å². The lowest BCUT2D eigenvalue weighted by Crippen LogP contribution is -2.09. The van der Waals surface area contributed by atoms with Gasteiger partial charge in [0, 0.05) is 0 Å². The highest BCUT2D eigenvalue weighted by molar-refractivity contribution is 5.75. The van der Waals surface area contributed by atoms with E-state index in [0.717, 1.165) is 5.56 Å². The molecule has 0 atom stereocenters. The first-order valence-corrected chi connectivity index (χ1v) is 3.45. The second-order valence-corrected chi connectivity index (χ2v) is 2.46. The highest BCUT2D eigenvalue weighted by Crippen LogP contribution is 2.04. The van der Waals surface area contributed by atoms with Gasteiger partial charge in [-0.05, 0) is 12.5 Å². The van der Waals surface area contributed by atoms with E-state index in [9.17, 15) is 4.79 Å². The fourth-order valence-electron chi connectivity index (χ4n) is 1.06. The van der Waals surface area contributed by atoms with Crippen LogP contribution >= 0.6 is 0 Å². The second kappa shape index (κ2) is 2.37. The van der Waals surface area contributed by atoms with Gasteiger partial charge in [-0.2, -0.15) is 5.10 Å². The molecule has 0 bridgehead atoms. The van der Waals surface area contributed by atoms with E-state index < -0.39 is 0 Å². The molecule has 0 aliphatic heterocycles. The second-order valence-electron chi connectivity index (χ2n) is 2.46. The third-order valence-corrected chi connectivity index (χ3v) is 1.63. The van der Waals surface area contributed by atoms with Crippen LogP contribution < -0.4 is 5.56 Å². The molecule has 0 saturated carbocycles. The molecule has 2 heterocycles. The monoisotopic (exact) mass is 162 g/mol. The largest absolute Gasteiger partial charge is 0.312 e. The van der Waals surface area contributed by atoms with Crippen molar-refractivity contribution in [3.8, 4) is 0 Å². The summed E-state index contributed by atoms with van der Waals surface area (Å²) in [4.78, 5) is 17.6. The van der Waals surface area contributed by atoms with Crippen LogP contribution in [0.15, 0.2) is 17.3 Å². The van der Waals surface area contributed by atoms with Crippen molar-refractivity contribution in [1.82, 2.24) is 20.2 Å². The summed E-state index contributed by atoms with van der Waals surface area (Å²) < 4.78 is 0. The molecule has 12 heavy (non-hydrogen) atoms. The molecule has 2 rings (SSSR count). The smallest absolute Gasteiger partial charge is 0.260 e. The summed E-state index contributed by atoms with van der Waals surface area (Å²) in [5.41, 5.74) is 1.00. The predicted molar refractivity (Wildman–Crippen MR) is 42.7 cm³/mol.